The Balaban J connectivity index is 2.04. The third-order valence-electron chi connectivity index (χ3n) is 3.05. The summed E-state index contributed by atoms with van der Waals surface area (Å²) in [6, 6.07) is 5.73. The van der Waals surface area contributed by atoms with Gasteiger partial charge in [-0.3, -0.25) is 11.3 Å². The smallest absolute Gasteiger partial charge is 0.0461 e. The molecule has 0 spiro atoms. The molecule has 88 valence electrons. The molecule has 1 fully saturated rings. The molecular weight excluding hydrogens is 243 g/mol. The molecule has 1 aromatic rings. The summed E-state index contributed by atoms with van der Waals surface area (Å²) >= 11 is 11.9. The van der Waals surface area contributed by atoms with E-state index in [1.54, 1.807) is 6.07 Å². The van der Waals surface area contributed by atoms with E-state index in [0.717, 1.165) is 17.9 Å². The van der Waals surface area contributed by atoms with Crippen LogP contribution >= 0.6 is 23.2 Å². The fraction of sp³-hybridized carbons (Fsp3) is 0.500. The first-order valence-corrected chi connectivity index (χ1v) is 6.36. The van der Waals surface area contributed by atoms with E-state index in [0.29, 0.717) is 10.0 Å². The molecule has 1 aliphatic rings. The van der Waals surface area contributed by atoms with Crippen molar-refractivity contribution in [1.82, 2.24) is 5.43 Å². The summed E-state index contributed by atoms with van der Waals surface area (Å²) in [7, 11) is 0. The first-order valence-electron chi connectivity index (χ1n) is 5.61. The lowest BCUT2D eigenvalue weighted by Crippen LogP contribution is -2.28. The van der Waals surface area contributed by atoms with Gasteiger partial charge in [0.05, 0.1) is 0 Å². The standard InChI is InChI=1S/C12H16Cl2N2/c13-10-5-9(6-11(14)7-10)12(16-15)4-3-8-1-2-8/h5-8,12,16H,1-4,15H2. The van der Waals surface area contributed by atoms with Crippen molar-refractivity contribution >= 4 is 23.2 Å². The topological polar surface area (TPSA) is 38.0 Å². The third kappa shape index (κ3) is 3.36. The second-order valence-corrected chi connectivity index (χ2v) is 5.32. The molecule has 0 heterocycles. The lowest BCUT2D eigenvalue weighted by atomic mass is 10.0. The lowest BCUT2D eigenvalue weighted by Gasteiger charge is -2.16. The molecule has 3 N–H and O–H groups in total. The van der Waals surface area contributed by atoms with E-state index >= 15 is 0 Å². The van der Waals surface area contributed by atoms with Crippen molar-refractivity contribution < 1.29 is 0 Å². The van der Waals surface area contributed by atoms with Gasteiger partial charge in [-0.15, -0.1) is 0 Å². The molecule has 0 amide bonds. The number of rotatable bonds is 5. The van der Waals surface area contributed by atoms with Gasteiger partial charge in [-0.25, -0.2) is 0 Å². The Labute approximate surface area is 106 Å². The minimum absolute atomic E-state index is 0.150. The van der Waals surface area contributed by atoms with Crippen LogP contribution in [0.4, 0.5) is 0 Å². The molecule has 16 heavy (non-hydrogen) atoms. The van der Waals surface area contributed by atoms with E-state index in [2.05, 4.69) is 5.43 Å². The van der Waals surface area contributed by atoms with Gasteiger partial charge in [-0.2, -0.15) is 0 Å². The first-order chi connectivity index (χ1) is 7.69. The second-order valence-electron chi connectivity index (χ2n) is 4.44. The van der Waals surface area contributed by atoms with E-state index in [9.17, 15) is 0 Å². The van der Waals surface area contributed by atoms with Crippen molar-refractivity contribution in [2.45, 2.75) is 31.7 Å². The monoisotopic (exact) mass is 258 g/mol. The predicted molar refractivity (Wildman–Crippen MR) is 68.5 cm³/mol. The van der Waals surface area contributed by atoms with Gasteiger partial charge in [0, 0.05) is 16.1 Å². The van der Waals surface area contributed by atoms with Crippen LogP contribution in [0.2, 0.25) is 10.0 Å². The third-order valence-corrected chi connectivity index (χ3v) is 3.49. The van der Waals surface area contributed by atoms with Crippen LogP contribution in [0.15, 0.2) is 18.2 Å². The van der Waals surface area contributed by atoms with E-state index in [1.165, 1.54) is 19.3 Å². The SMILES string of the molecule is NNC(CCC1CC1)c1cc(Cl)cc(Cl)c1. The molecule has 0 aliphatic heterocycles. The lowest BCUT2D eigenvalue weighted by molar-refractivity contribution is 0.482. The summed E-state index contributed by atoms with van der Waals surface area (Å²) in [6.07, 6.45) is 5.00. The minimum atomic E-state index is 0.150. The molecule has 1 unspecified atom stereocenters. The molecule has 0 radical (unpaired) electrons. The molecule has 0 bridgehead atoms. The van der Waals surface area contributed by atoms with Gasteiger partial charge in [0.15, 0.2) is 0 Å². The fourth-order valence-corrected chi connectivity index (χ4v) is 2.47. The molecule has 1 saturated carbocycles. The van der Waals surface area contributed by atoms with Crippen molar-refractivity contribution in [3.05, 3.63) is 33.8 Å². The van der Waals surface area contributed by atoms with E-state index in [-0.39, 0.29) is 6.04 Å². The van der Waals surface area contributed by atoms with Crippen LogP contribution < -0.4 is 11.3 Å². The highest BCUT2D eigenvalue weighted by Crippen LogP contribution is 2.36. The van der Waals surface area contributed by atoms with Gasteiger partial charge in [0.2, 0.25) is 0 Å². The summed E-state index contributed by atoms with van der Waals surface area (Å²) in [5.74, 6) is 6.48. The Morgan fingerprint density at radius 3 is 2.38 bits per heavy atom. The van der Waals surface area contributed by atoms with Crippen molar-refractivity contribution in [3.8, 4) is 0 Å². The van der Waals surface area contributed by atoms with Crippen LogP contribution in [0.1, 0.15) is 37.3 Å². The maximum absolute atomic E-state index is 5.97. The predicted octanol–water partition coefficient (Wildman–Crippen LogP) is 3.69. The van der Waals surface area contributed by atoms with Crippen molar-refractivity contribution in [2.24, 2.45) is 11.8 Å². The molecule has 1 aliphatic carbocycles. The fourth-order valence-electron chi connectivity index (χ4n) is 1.93. The number of hydrogen-bond donors (Lipinski definition) is 2. The zero-order valence-corrected chi connectivity index (χ0v) is 10.6. The number of nitrogens with two attached hydrogens (primary N) is 1. The maximum atomic E-state index is 5.97. The molecule has 2 nitrogen and oxygen atoms in total. The van der Waals surface area contributed by atoms with Gasteiger partial charge in [0.1, 0.15) is 0 Å². The Kier molecular flexibility index (Phi) is 4.09. The quantitative estimate of drug-likeness (QED) is 0.625. The van der Waals surface area contributed by atoms with Crippen LogP contribution in [-0.4, -0.2) is 0 Å². The largest absolute Gasteiger partial charge is 0.271 e. The molecule has 4 heteroatoms. The van der Waals surface area contributed by atoms with Crippen molar-refractivity contribution in [1.29, 1.82) is 0 Å². The Bertz CT molecular complexity index is 344. The van der Waals surface area contributed by atoms with Crippen LogP contribution in [-0.2, 0) is 0 Å². The summed E-state index contributed by atoms with van der Waals surface area (Å²) in [5.41, 5.74) is 3.91. The Hall–Kier alpha value is -0.280. The van der Waals surface area contributed by atoms with Crippen LogP contribution in [0, 0.1) is 5.92 Å². The summed E-state index contributed by atoms with van der Waals surface area (Å²) in [5, 5.41) is 1.32. The Morgan fingerprint density at radius 2 is 1.88 bits per heavy atom. The summed E-state index contributed by atoms with van der Waals surface area (Å²) < 4.78 is 0. The summed E-state index contributed by atoms with van der Waals surface area (Å²) in [4.78, 5) is 0. The van der Waals surface area contributed by atoms with Crippen LogP contribution in [0.3, 0.4) is 0 Å². The van der Waals surface area contributed by atoms with Crippen LogP contribution in [0.25, 0.3) is 0 Å². The Morgan fingerprint density at radius 1 is 1.25 bits per heavy atom. The number of halogens is 2. The van der Waals surface area contributed by atoms with Gasteiger partial charge in [0.25, 0.3) is 0 Å². The van der Waals surface area contributed by atoms with Crippen molar-refractivity contribution in [2.75, 3.05) is 0 Å². The number of benzene rings is 1. The van der Waals surface area contributed by atoms with Crippen LogP contribution in [0.5, 0.6) is 0 Å². The van der Waals surface area contributed by atoms with E-state index in [4.69, 9.17) is 29.0 Å². The highest BCUT2D eigenvalue weighted by atomic mass is 35.5. The van der Waals surface area contributed by atoms with Gasteiger partial charge in [-0.1, -0.05) is 36.0 Å². The van der Waals surface area contributed by atoms with E-state index in [1.807, 2.05) is 12.1 Å². The molecule has 1 aromatic carbocycles. The molecule has 1 atom stereocenters. The second kappa shape index (κ2) is 5.37. The zero-order valence-electron chi connectivity index (χ0n) is 9.05. The number of hydrogen-bond acceptors (Lipinski definition) is 2. The highest BCUT2D eigenvalue weighted by molar-refractivity contribution is 6.34. The van der Waals surface area contributed by atoms with Gasteiger partial charge < -0.3 is 0 Å². The van der Waals surface area contributed by atoms with Gasteiger partial charge in [-0.05, 0) is 42.5 Å². The summed E-state index contributed by atoms with van der Waals surface area (Å²) in [6.45, 7) is 0. The van der Waals surface area contributed by atoms with E-state index < -0.39 is 0 Å². The first kappa shape index (κ1) is 12.2. The average molecular weight is 259 g/mol. The molecule has 0 saturated heterocycles. The minimum Gasteiger partial charge on any atom is -0.271 e. The highest BCUT2D eigenvalue weighted by Gasteiger charge is 2.22. The number of hydrazine groups is 1. The van der Waals surface area contributed by atoms with Crippen molar-refractivity contribution in [3.63, 3.8) is 0 Å². The molecular formula is C12H16Cl2N2. The molecule has 0 aromatic heterocycles. The maximum Gasteiger partial charge on any atom is 0.0461 e. The number of nitrogens with one attached hydrogen (secondary N) is 1. The average Bonchev–Trinajstić information content (AvgIpc) is 3.01. The van der Waals surface area contributed by atoms with Gasteiger partial charge >= 0.3 is 0 Å². The zero-order chi connectivity index (χ0) is 11.5. The molecule has 2 rings (SSSR count). The normalized spacial score (nSPS) is 17.4.